The number of morpholine rings is 1. The van der Waals surface area contributed by atoms with Crippen LogP contribution < -0.4 is 0 Å². The van der Waals surface area contributed by atoms with E-state index in [4.69, 9.17) is 9.84 Å². The van der Waals surface area contributed by atoms with Crippen LogP contribution in [0.5, 0.6) is 0 Å². The Morgan fingerprint density at radius 1 is 1.33 bits per heavy atom. The molecular weight excluding hydrogens is 278 g/mol. The molecule has 0 aromatic heterocycles. The number of ether oxygens (including phenoxy) is 1. The highest BCUT2D eigenvalue weighted by molar-refractivity contribution is 5.78. The monoisotopic (exact) mass is 301 g/mol. The minimum atomic E-state index is -1.06. The van der Waals surface area contributed by atoms with Crippen LogP contribution >= 0.6 is 0 Å². The normalized spacial score (nSPS) is 30.0. The number of aliphatic hydroxyl groups is 1. The van der Waals surface area contributed by atoms with Gasteiger partial charge in [-0.05, 0) is 20.5 Å². The third kappa shape index (κ3) is 3.84. The highest BCUT2D eigenvalue weighted by Gasteiger charge is 2.38. The molecule has 2 rings (SSSR count). The van der Waals surface area contributed by atoms with Gasteiger partial charge in [-0.1, -0.05) is 0 Å². The van der Waals surface area contributed by atoms with E-state index in [9.17, 15) is 14.7 Å². The van der Waals surface area contributed by atoms with Crippen molar-refractivity contribution in [3.63, 3.8) is 0 Å². The maximum absolute atomic E-state index is 12.6. The molecule has 2 amide bonds. The van der Waals surface area contributed by atoms with Crippen molar-refractivity contribution in [2.75, 3.05) is 46.9 Å². The molecule has 2 aliphatic rings. The summed E-state index contributed by atoms with van der Waals surface area (Å²) in [7, 11) is 3.84. The molecular formula is C13H23N3O5. The van der Waals surface area contributed by atoms with Crippen molar-refractivity contribution in [1.29, 1.82) is 0 Å². The number of urea groups is 1. The second kappa shape index (κ2) is 6.59. The lowest BCUT2D eigenvalue weighted by Gasteiger charge is -2.36. The lowest BCUT2D eigenvalue weighted by molar-refractivity contribution is -0.154. The highest BCUT2D eigenvalue weighted by Crippen LogP contribution is 2.21. The van der Waals surface area contributed by atoms with Gasteiger partial charge in [0.15, 0.2) is 6.10 Å². The van der Waals surface area contributed by atoms with E-state index >= 15 is 0 Å². The first-order chi connectivity index (χ1) is 9.88. The van der Waals surface area contributed by atoms with E-state index in [1.54, 1.807) is 4.90 Å². The van der Waals surface area contributed by atoms with Crippen molar-refractivity contribution in [1.82, 2.24) is 14.7 Å². The van der Waals surface area contributed by atoms with Gasteiger partial charge >= 0.3 is 12.0 Å². The second-order valence-corrected chi connectivity index (χ2v) is 5.88. The predicted octanol–water partition coefficient (Wildman–Crippen LogP) is -1.11. The summed E-state index contributed by atoms with van der Waals surface area (Å²) in [5.41, 5.74) is 0. The van der Waals surface area contributed by atoms with Gasteiger partial charge < -0.3 is 29.6 Å². The smallest absolute Gasteiger partial charge is 0.334 e. The fourth-order valence-electron chi connectivity index (χ4n) is 2.87. The molecule has 21 heavy (non-hydrogen) atoms. The Hall–Kier alpha value is -1.38. The SMILES string of the molecule is CN(C)CC1CC(O)CN1C(=O)N1CCOC(C(=O)O)C1. The van der Waals surface area contributed by atoms with Crippen molar-refractivity contribution in [2.45, 2.75) is 24.7 Å². The molecule has 2 aliphatic heterocycles. The van der Waals surface area contributed by atoms with Crippen LogP contribution in [0.15, 0.2) is 0 Å². The zero-order valence-electron chi connectivity index (χ0n) is 12.4. The van der Waals surface area contributed by atoms with Crippen molar-refractivity contribution in [2.24, 2.45) is 0 Å². The number of carbonyl (C=O) groups is 2. The second-order valence-electron chi connectivity index (χ2n) is 5.88. The molecule has 0 bridgehead atoms. The molecule has 2 fully saturated rings. The summed E-state index contributed by atoms with van der Waals surface area (Å²) in [6.07, 6.45) is -0.936. The highest BCUT2D eigenvalue weighted by atomic mass is 16.5. The van der Waals surface area contributed by atoms with Gasteiger partial charge in [-0.2, -0.15) is 0 Å². The number of rotatable bonds is 3. The van der Waals surface area contributed by atoms with E-state index in [1.807, 2.05) is 19.0 Å². The van der Waals surface area contributed by atoms with Crippen molar-refractivity contribution < 1.29 is 24.5 Å². The zero-order valence-corrected chi connectivity index (χ0v) is 12.4. The van der Waals surface area contributed by atoms with E-state index in [-0.39, 0.29) is 25.2 Å². The van der Waals surface area contributed by atoms with Gasteiger partial charge in [0.1, 0.15) is 0 Å². The Labute approximate surface area is 123 Å². The molecule has 120 valence electrons. The first kappa shape index (κ1) is 16.0. The Morgan fingerprint density at radius 2 is 2.05 bits per heavy atom. The first-order valence-corrected chi connectivity index (χ1v) is 7.11. The summed E-state index contributed by atoms with van der Waals surface area (Å²) in [5, 5.41) is 18.8. The number of aliphatic hydroxyl groups excluding tert-OH is 1. The average Bonchev–Trinajstić information content (AvgIpc) is 2.78. The third-order valence-corrected chi connectivity index (χ3v) is 3.83. The number of carbonyl (C=O) groups excluding carboxylic acids is 1. The molecule has 0 aliphatic carbocycles. The predicted molar refractivity (Wildman–Crippen MR) is 74.0 cm³/mol. The van der Waals surface area contributed by atoms with E-state index < -0.39 is 18.2 Å². The van der Waals surface area contributed by atoms with Gasteiger partial charge in [0.05, 0.1) is 19.3 Å². The minimum absolute atomic E-state index is 0.0476. The Balaban J connectivity index is 2.02. The molecule has 8 nitrogen and oxygen atoms in total. The summed E-state index contributed by atoms with van der Waals surface area (Å²) < 4.78 is 5.13. The number of aliphatic carboxylic acids is 1. The fourth-order valence-corrected chi connectivity index (χ4v) is 2.87. The molecule has 0 aromatic carbocycles. The maximum atomic E-state index is 12.6. The molecule has 0 radical (unpaired) electrons. The van der Waals surface area contributed by atoms with E-state index in [1.165, 1.54) is 4.90 Å². The Kier molecular flexibility index (Phi) is 5.02. The number of nitrogens with zero attached hydrogens (tertiary/aromatic N) is 3. The lowest BCUT2D eigenvalue weighted by atomic mass is 10.2. The van der Waals surface area contributed by atoms with E-state index in [2.05, 4.69) is 0 Å². The first-order valence-electron chi connectivity index (χ1n) is 7.11. The van der Waals surface area contributed by atoms with Crippen LogP contribution in [0.25, 0.3) is 0 Å². The van der Waals surface area contributed by atoms with Gasteiger partial charge in [0.25, 0.3) is 0 Å². The van der Waals surface area contributed by atoms with Crippen molar-refractivity contribution in [3.05, 3.63) is 0 Å². The van der Waals surface area contributed by atoms with Crippen molar-refractivity contribution in [3.8, 4) is 0 Å². The van der Waals surface area contributed by atoms with Crippen LogP contribution in [-0.4, -0.2) is 102 Å². The van der Waals surface area contributed by atoms with Crippen LogP contribution in [-0.2, 0) is 9.53 Å². The number of carboxylic acid groups (broad SMARTS) is 1. The molecule has 8 heteroatoms. The summed E-state index contributed by atoms with van der Waals surface area (Å²) in [6.45, 7) is 1.62. The van der Waals surface area contributed by atoms with Gasteiger partial charge in [-0.25, -0.2) is 9.59 Å². The number of likely N-dealkylation sites (N-methyl/N-ethyl adjacent to an activating group) is 1. The number of amides is 2. The van der Waals surface area contributed by atoms with E-state index in [0.29, 0.717) is 26.1 Å². The van der Waals surface area contributed by atoms with Crippen LogP contribution in [0.2, 0.25) is 0 Å². The molecule has 3 unspecified atom stereocenters. The number of hydrogen-bond donors (Lipinski definition) is 2. The Morgan fingerprint density at radius 3 is 2.67 bits per heavy atom. The van der Waals surface area contributed by atoms with Gasteiger partial charge in [0, 0.05) is 25.7 Å². The van der Waals surface area contributed by atoms with Crippen LogP contribution in [0.1, 0.15) is 6.42 Å². The summed E-state index contributed by atoms with van der Waals surface area (Å²) in [4.78, 5) is 28.7. The van der Waals surface area contributed by atoms with Crippen LogP contribution in [0.4, 0.5) is 4.79 Å². The van der Waals surface area contributed by atoms with Crippen LogP contribution in [0, 0.1) is 0 Å². The quantitative estimate of drug-likeness (QED) is 0.686. The molecule has 0 saturated carbocycles. The molecule has 3 atom stereocenters. The Bertz CT molecular complexity index is 403. The van der Waals surface area contributed by atoms with Crippen LogP contribution in [0.3, 0.4) is 0 Å². The van der Waals surface area contributed by atoms with Gasteiger partial charge in [-0.3, -0.25) is 0 Å². The summed E-state index contributed by atoms with van der Waals surface area (Å²) >= 11 is 0. The van der Waals surface area contributed by atoms with E-state index in [0.717, 1.165) is 0 Å². The molecule has 2 heterocycles. The summed E-state index contributed by atoms with van der Waals surface area (Å²) in [6, 6.07) is -0.262. The number of hydrogen-bond acceptors (Lipinski definition) is 5. The van der Waals surface area contributed by atoms with Gasteiger partial charge in [-0.15, -0.1) is 0 Å². The summed E-state index contributed by atoms with van der Waals surface area (Å²) in [5.74, 6) is -1.06. The molecule has 2 N–H and O–H groups in total. The molecule has 0 spiro atoms. The number of likely N-dealkylation sites (tertiary alicyclic amines) is 1. The van der Waals surface area contributed by atoms with Crippen molar-refractivity contribution >= 4 is 12.0 Å². The fraction of sp³-hybridized carbons (Fsp3) is 0.846. The minimum Gasteiger partial charge on any atom is -0.479 e. The molecule has 2 saturated heterocycles. The third-order valence-electron chi connectivity index (χ3n) is 3.83. The number of β-amino-alcohol motifs (C(OH)–C–C–N with tert-alkyl or cyclic N) is 1. The van der Waals surface area contributed by atoms with Gasteiger partial charge in [0.2, 0.25) is 0 Å². The zero-order chi connectivity index (χ0) is 15.6. The molecule has 0 aromatic rings. The lowest BCUT2D eigenvalue weighted by Crippen LogP contribution is -2.54. The largest absolute Gasteiger partial charge is 0.479 e. The topological polar surface area (TPSA) is 93.5 Å². The number of carboxylic acids is 1. The maximum Gasteiger partial charge on any atom is 0.334 e. The average molecular weight is 301 g/mol. The standard InChI is InChI=1S/C13H23N3O5/c1-14(2)6-9-5-10(17)7-16(9)13(20)15-3-4-21-11(8-15)12(18)19/h9-11,17H,3-8H2,1-2H3,(H,18,19).